The number of nitrogens with one attached hydrogen (secondary N) is 1. The second-order valence-corrected chi connectivity index (χ2v) is 7.46. The number of hydrogen-bond acceptors (Lipinski definition) is 5. The fraction of sp³-hybridized carbons (Fsp3) is 0.500. The molecule has 1 atom stereocenters. The van der Waals surface area contributed by atoms with Crippen molar-refractivity contribution in [2.45, 2.75) is 31.8 Å². The van der Waals surface area contributed by atoms with Gasteiger partial charge in [0.05, 0.1) is 30.2 Å². The predicted octanol–water partition coefficient (Wildman–Crippen LogP) is 2.13. The van der Waals surface area contributed by atoms with E-state index in [1.807, 2.05) is 6.92 Å². The maximum Gasteiger partial charge on any atom is 0.341 e. The molecule has 0 radical (unpaired) electrons. The zero-order valence-corrected chi connectivity index (χ0v) is 16.1. The molecule has 4 rings (SSSR count). The van der Waals surface area contributed by atoms with Gasteiger partial charge >= 0.3 is 5.97 Å². The number of aromatic nitrogens is 1. The molecule has 2 heterocycles. The first kappa shape index (κ1) is 19.8. The van der Waals surface area contributed by atoms with E-state index in [0.717, 1.165) is 18.9 Å². The largest absolute Gasteiger partial charge is 0.477 e. The molecule has 1 aromatic heterocycles. The summed E-state index contributed by atoms with van der Waals surface area (Å²) in [6.45, 7) is 4.15. The van der Waals surface area contributed by atoms with Crippen molar-refractivity contribution in [1.29, 1.82) is 0 Å². The van der Waals surface area contributed by atoms with Crippen LogP contribution >= 0.6 is 0 Å². The molecular formula is C20H23F2N3O4. The van der Waals surface area contributed by atoms with Gasteiger partial charge in [-0.2, -0.15) is 0 Å². The number of rotatable bonds is 6. The van der Waals surface area contributed by atoms with E-state index in [1.54, 1.807) is 4.90 Å². The van der Waals surface area contributed by atoms with Gasteiger partial charge in [0.15, 0.2) is 5.82 Å². The number of carbonyl (C=O) groups is 1. The van der Waals surface area contributed by atoms with Gasteiger partial charge in [-0.15, -0.1) is 0 Å². The summed E-state index contributed by atoms with van der Waals surface area (Å²) in [5.74, 6) is -3.11. The summed E-state index contributed by atoms with van der Waals surface area (Å²) in [6, 6.07) is 0.622. The molecule has 156 valence electrons. The monoisotopic (exact) mass is 407 g/mol. The Kier molecular flexibility index (Phi) is 5.26. The third-order valence-electron chi connectivity index (χ3n) is 5.50. The number of anilines is 1. The van der Waals surface area contributed by atoms with Crippen LogP contribution in [0.4, 0.5) is 14.5 Å². The summed E-state index contributed by atoms with van der Waals surface area (Å²) in [4.78, 5) is 25.7. The Morgan fingerprint density at radius 2 is 2.14 bits per heavy atom. The molecule has 29 heavy (non-hydrogen) atoms. The van der Waals surface area contributed by atoms with E-state index in [-0.39, 0.29) is 28.7 Å². The molecule has 1 aliphatic carbocycles. The van der Waals surface area contributed by atoms with Crippen molar-refractivity contribution >= 4 is 22.6 Å². The molecule has 2 fully saturated rings. The molecular weight excluding hydrogens is 384 g/mol. The zero-order valence-electron chi connectivity index (χ0n) is 16.1. The third-order valence-corrected chi connectivity index (χ3v) is 5.50. The first-order chi connectivity index (χ1) is 13.9. The molecule has 2 aliphatic rings. The van der Waals surface area contributed by atoms with Gasteiger partial charge in [-0.05, 0) is 25.5 Å². The number of likely N-dealkylation sites (N-methyl/N-ethyl adjacent to an activating group) is 1. The third kappa shape index (κ3) is 3.49. The minimum atomic E-state index is -1.41. The SMILES string of the molecule is CCNCC1COCCN1c1c(F)cc2c(=O)c(C(=O)O)cn(C3CC3)c2c1F. The van der Waals surface area contributed by atoms with Gasteiger partial charge in [-0.25, -0.2) is 13.6 Å². The number of ether oxygens (including phenoxy) is 1. The summed E-state index contributed by atoms with van der Waals surface area (Å²) in [5, 5.41) is 12.3. The first-order valence-corrected chi connectivity index (χ1v) is 9.79. The molecule has 1 saturated carbocycles. The lowest BCUT2D eigenvalue weighted by Crippen LogP contribution is -2.51. The van der Waals surface area contributed by atoms with Gasteiger partial charge in [-0.3, -0.25) is 4.79 Å². The smallest absolute Gasteiger partial charge is 0.341 e. The van der Waals surface area contributed by atoms with Crippen LogP contribution in [0.2, 0.25) is 0 Å². The number of carboxylic acid groups (broad SMARTS) is 1. The molecule has 2 aromatic rings. The molecule has 1 unspecified atom stereocenters. The van der Waals surface area contributed by atoms with Gasteiger partial charge in [0, 0.05) is 25.3 Å². The highest BCUT2D eigenvalue weighted by Gasteiger charge is 2.33. The Bertz CT molecular complexity index is 1020. The molecule has 1 saturated heterocycles. The Balaban J connectivity index is 1.92. The van der Waals surface area contributed by atoms with Crippen molar-refractivity contribution < 1.29 is 23.4 Å². The summed E-state index contributed by atoms with van der Waals surface area (Å²) in [6.07, 6.45) is 2.69. The molecule has 0 spiro atoms. The molecule has 0 bridgehead atoms. The number of halogens is 2. The Morgan fingerprint density at radius 1 is 1.38 bits per heavy atom. The highest BCUT2D eigenvalue weighted by atomic mass is 19.1. The number of pyridine rings is 1. The zero-order chi connectivity index (χ0) is 20.7. The summed E-state index contributed by atoms with van der Waals surface area (Å²) >= 11 is 0. The lowest BCUT2D eigenvalue weighted by Gasteiger charge is -2.38. The van der Waals surface area contributed by atoms with E-state index < -0.39 is 28.6 Å². The van der Waals surface area contributed by atoms with Gasteiger partial charge in [0.1, 0.15) is 17.1 Å². The van der Waals surface area contributed by atoms with Crippen molar-refractivity contribution in [3.05, 3.63) is 39.7 Å². The Labute approximate surface area is 165 Å². The van der Waals surface area contributed by atoms with E-state index in [9.17, 15) is 14.7 Å². The number of aromatic carboxylic acids is 1. The average molecular weight is 407 g/mol. The standard InChI is InChI=1S/C20H23F2N3O4/c1-2-23-8-12-10-29-6-5-24(12)18-15(21)7-13-17(16(18)22)25(11-3-4-11)9-14(19(13)26)20(27)28/h7,9,11-12,23H,2-6,8,10H2,1H3,(H,27,28). The second kappa shape index (κ2) is 7.72. The average Bonchev–Trinajstić information content (AvgIpc) is 3.53. The number of morpholine rings is 1. The fourth-order valence-corrected chi connectivity index (χ4v) is 3.92. The summed E-state index contributed by atoms with van der Waals surface area (Å²) in [7, 11) is 0. The van der Waals surface area contributed by atoms with Crippen molar-refractivity contribution in [2.75, 3.05) is 37.7 Å². The van der Waals surface area contributed by atoms with Gasteiger partial charge in [0.2, 0.25) is 5.43 Å². The van der Waals surface area contributed by atoms with E-state index in [4.69, 9.17) is 4.74 Å². The van der Waals surface area contributed by atoms with E-state index in [1.165, 1.54) is 10.8 Å². The highest BCUT2D eigenvalue weighted by molar-refractivity contribution is 5.94. The normalized spacial score (nSPS) is 19.7. The molecule has 9 heteroatoms. The number of benzene rings is 1. The topological polar surface area (TPSA) is 83.8 Å². The number of fused-ring (bicyclic) bond motifs is 1. The van der Waals surface area contributed by atoms with Crippen molar-refractivity contribution in [3.63, 3.8) is 0 Å². The summed E-state index contributed by atoms with van der Waals surface area (Å²) in [5.41, 5.74) is -1.58. The van der Waals surface area contributed by atoms with Crippen molar-refractivity contribution in [3.8, 4) is 0 Å². The molecule has 0 amide bonds. The maximum atomic E-state index is 15.7. The molecule has 2 N–H and O–H groups in total. The van der Waals surface area contributed by atoms with Crippen molar-refractivity contribution in [2.24, 2.45) is 0 Å². The minimum absolute atomic E-state index is 0.0346. The molecule has 1 aromatic carbocycles. The van der Waals surface area contributed by atoms with Gasteiger partial charge < -0.3 is 24.6 Å². The predicted molar refractivity (Wildman–Crippen MR) is 104 cm³/mol. The van der Waals surface area contributed by atoms with Crippen LogP contribution in [0.1, 0.15) is 36.2 Å². The number of nitrogens with zero attached hydrogens (tertiary/aromatic N) is 2. The quantitative estimate of drug-likeness (QED) is 0.763. The van der Waals surface area contributed by atoms with Crippen LogP contribution in [0.5, 0.6) is 0 Å². The van der Waals surface area contributed by atoms with E-state index >= 15 is 8.78 Å². The second-order valence-electron chi connectivity index (χ2n) is 7.46. The van der Waals surface area contributed by atoms with Crippen LogP contribution in [0.25, 0.3) is 10.9 Å². The Hall–Kier alpha value is -2.52. The minimum Gasteiger partial charge on any atom is -0.477 e. The fourth-order valence-electron chi connectivity index (χ4n) is 3.92. The van der Waals surface area contributed by atoms with Crippen LogP contribution in [-0.2, 0) is 4.74 Å². The van der Waals surface area contributed by atoms with Crippen molar-refractivity contribution in [1.82, 2.24) is 9.88 Å². The van der Waals surface area contributed by atoms with Gasteiger partial charge in [0.25, 0.3) is 0 Å². The van der Waals surface area contributed by atoms with Crippen LogP contribution < -0.4 is 15.6 Å². The number of carboxylic acids is 1. The molecule has 7 nitrogen and oxygen atoms in total. The maximum absolute atomic E-state index is 15.7. The number of hydrogen-bond donors (Lipinski definition) is 2. The lowest BCUT2D eigenvalue weighted by atomic mass is 10.1. The van der Waals surface area contributed by atoms with Crippen LogP contribution in [-0.4, -0.2) is 54.5 Å². The Morgan fingerprint density at radius 3 is 2.79 bits per heavy atom. The first-order valence-electron chi connectivity index (χ1n) is 9.79. The highest BCUT2D eigenvalue weighted by Crippen LogP contribution is 2.40. The van der Waals surface area contributed by atoms with Crippen LogP contribution in [0, 0.1) is 11.6 Å². The van der Waals surface area contributed by atoms with Gasteiger partial charge in [-0.1, -0.05) is 6.92 Å². The van der Waals surface area contributed by atoms with E-state index in [2.05, 4.69) is 5.32 Å². The molecule has 1 aliphatic heterocycles. The lowest BCUT2D eigenvalue weighted by molar-refractivity contribution is 0.0694. The van der Waals surface area contributed by atoms with Crippen LogP contribution in [0.3, 0.4) is 0 Å². The van der Waals surface area contributed by atoms with E-state index in [0.29, 0.717) is 32.8 Å². The van der Waals surface area contributed by atoms with Crippen LogP contribution in [0.15, 0.2) is 17.1 Å². The summed E-state index contributed by atoms with van der Waals surface area (Å²) < 4.78 is 37.8.